The van der Waals surface area contributed by atoms with Crippen LogP contribution in [0.1, 0.15) is 43.5 Å². The number of rotatable bonds is 5. The average Bonchev–Trinajstić information content (AvgIpc) is 2.76. The van der Waals surface area contributed by atoms with Gasteiger partial charge in [-0.25, -0.2) is 4.98 Å². The maximum absolute atomic E-state index is 4.62. The fraction of sp³-hybridized carbons (Fsp3) is 0.643. The number of fused-ring (bicyclic) bond motifs is 1. The summed E-state index contributed by atoms with van der Waals surface area (Å²) in [7, 11) is 0. The van der Waals surface area contributed by atoms with Crippen molar-refractivity contribution in [3.8, 4) is 0 Å². The summed E-state index contributed by atoms with van der Waals surface area (Å²) in [5, 5.41) is 3.66. The molecule has 0 bridgehead atoms. The average molecular weight is 265 g/mol. The highest BCUT2D eigenvalue weighted by Gasteiger charge is 2.14. The SMILES string of the molecule is CCC(NCc1c(C)nc2sc(C)cn12)C(C)C. The summed E-state index contributed by atoms with van der Waals surface area (Å²) in [5.41, 5.74) is 2.45. The lowest BCUT2D eigenvalue weighted by Gasteiger charge is -2.20. The molecule has 4 heteroatoms. The van der Waals surface area contributed by atoms with Gasteiger partial charge >= 0.3 is 0 Å². The van der Waals surface area contributed by atoms with Crippen molar-refractivity contribution in [2.45, 2.75) is 53.6 Å². The molecule has 100 valence electrons. The van der Waals surface area contributed by atoms with Gasteiger partial charge in [0.05, 0.1) is 11.4 Å². The number of nitrogens with one attached hydrogen (secondary N) is 1. The van der Waals surface area contributed by atoms with Gasteiger partial charge in [0.2, 0.25) is 0 Å². The van der Waals surface area contributed by atoms with Crippen molar-refractivity contribution in [1.29, 1.82) is 0 Å². The molecule has 1 atom stereocenters. The number of imidazole rings is 1. The fourth-order valence-electron chi connectivity index (χ4n) is 2.40. The minimum absolute atomic E-state index is 0.578. The van der Waals surface area contributed by atoms with Crippen LogP contribution >= 0.6 is 11.3 Å². The molecule has 0 aliphatic carbocycles. The monoisotopic (exact) mass is 265 g/mol. The Bertz CT molecular complexity index is 524. The van der Waals surface area contributed by atoms with Crippen molar-refractivity contribution in [1.82, 2.24) is 14.7 Å². The van der Waals surface area contributed by atoms with E-state index in [9.17, 15) is 0 Å². The van der Waals surface area contributed by atoms with E-state index in [1.54, 1.807) is 11.3 Å². The minimum atomic E-state index is 0.578. The van der Waals surface area contributed by atoms with Gasteiger partial charge in [-0.3, -0.25) is 4.40 Å². The summed E-state index contributed by atoms with van der Waals surface area (Å²) in [6, 6.07) is 0.578. The van der Waals surface area contributed by atoms with Crippen molar-refractivity contribution in [2.75, 3.05) is 0 Å². The Morgan fingerprint density at radius 1 is 1.39 bits per heavy atom. The molecular formula is C14H23N3S. The second-order valence-electron chi connectivity index (χ2n) is 5.28. The molecule has 0 spiro atoms. The molecule has 0 aliphatic heterocycles. The number of hydrogen-bond donors (Lipinski definition) is 1. The number of nitrogens with zero attached hydrogens (tertiary/aromatic N) is 2. The molecule has 0 radical (unpaired) electrons. The van der Waals surface area contributed by atoms with Gasteiger partial charge in [0.25, 0.3) is 0 Å². The number of aromatic nitrogens is 2. The summed E-state index contributed by atoms with van der Waals surface area (Å²) >= 11 is 1.76. The third kappa shape index (κ3) is 2.59. The molecule has 0 aliphatic rings. The van der Waals surface area contributed by atoms with Crippen LogP contribution in [0.3, 0.4) is 0 Å². The zero-order chi connectivity index (χ0) is 13.3. The first-order valence-corrected chi connectivity index (χ1v) is 7.52. The largest absolute Gasteiger partial charge is 0.308 e. The van der Waals surface area contributed by atoms with E-state index in [-0.39, 0.29) is 0 Å². The fourth-order valence-corrected chi connectivity index (χ4v) is 3.29. The Morgan fingerprint density at radius 3 is 2.72 bits per heavy atom. The molecule has 0 saturated carbocycles. The van der Waals surface area contributed by atoms with E-state index >= 15 is 0 Å². The van der Waals surface area contributed by atoms with Crippen molar-refractivity contribution in [2.24, 2.45) is 5.92 Å². The predicted molar refractivity (Wildman–Crippen MR) is 78.3 cm³/mol. The van der Waals surface area contributed by atoms with E-state index < -0.39 is 0 Å². The van der Waals surface area contributed by atoms with Gasteiger partial charge in [-0.1, -0.05) is 20.8 Å². The summed E-state index contributed by atoms with van der Waals surface area (Å²) < 4.78 is 2.23. The number of aryl methyl sites for hydroxylation is 2. The van der Waals surface area contributed by atoms with Crippen LogP contribution in [-0.4, -0.2) is 15.4 Å². The molecule has 1 unspecified atom stereocenters. The quantitative estimate of drug-likeness (QED) is 0.896. The van der Waals surface area contributed by atoms with Gasteiger partial charge in [0, 0.05) is 23.7 Å². The first-order chi connectivity index (χ1) is 8.52. The van der Waals surface area contributed by atoms with Crippen LogP contribution in [0.2, 0.25) is 0 Å². The van der Waals surface area contributed by atoms with Gasteiger partial charge in [-0.2, -0.15) is 0 Å². The molecule has 0 saturated heterocycles. The topological polar surface area (TPSA) is 29.3 Å². The first-order valence-electron chi connectivity index (χ1n) is 6.70. The molecule has 2 aromatic heterocycles. The Kier molecular flexibility index (Phi) is 4.07. The molecule has 0 aromatic carbocycles. The Labute approximate surface area is 113 Å². The highest BCUT2D eigenvalue weighted by Crippen LogP contribution is 2.21. The standard InChI is InChI=1S/C14H23N3S/c1-6-12(9(2)3)15-7-13-11(5)16-14-17(13)8-10(4)18-14/h8-9,12,15H,6-7H2,1-5H3. The lowest BCUT2D eigenvalue weighted by atomic mass is 10.0. The summed E-state index contributed by atoms with van der Waals surface area (Å²) in [4.78, 5) is 7.05. The van der Waals surface area contributed by atoms with E-state index in [1.165, 1.54) is 17.0 Å². The molecule has 1 N–H and O–H groups in total. The van der Waals surface area contributed by atoms with Crippen LogP contribution < -0.4 is 5.32 Å². The molecule has 2 heterocycles. The van der Waals surface area contributed by atoms with E-state index in [0.717, 1.165) is 17.2 Å². The first kappa shape index (κ1) is 13.6. The van der Waals surface area contributed by atoms with E-state index in [4.69, 9.17) is 0 Å². The van der Waals surface area contributed by atoms with Crippen LogP contribution in [0.4, 0.5) is 0 Å². The maximum atomic E-state index is 4.62. The van der Waals surface area contributed by atoms with Crippen LogP contribution in [0, 0.1) is 19.8 Å². The zero-order valence-corrected chi connectivity index (χ0v) is 12.8. The summed E-state index contributed by atoms with van der Waals surface area (Å²) in [6.45, 7) is 11.9. The second kappa shape index (κ2) is 5.41. The molecule has 3 nitrogen and oxygen atoms in total. The Morgan fingerprint density at radius 2 is 2.11 bits per heavy atom. The second-order valence-corrected chi connectivity index (χ2v) is 6.49. The van der Waals surface area contributed by atoms with Crippen molar-refractivity contribution in [3.63, 3.8) is 0 Å². The summed E-state index contributed by atoms with van der Waals surface area (Å²) in [5.74, 6) is 0.669. The third-order valence-electron chi connectivity index (χ3n) is 3.52. The van der Waals surface area contributed by atoms with Gasteiger partial charge in [-0.15, -0.1) is 11.3 Å². The highest BCUT2D eigenvalue weighted by atomic mass is 32.1. The van der Waals surface area contributed by atoms with Crippen molar-refractivity contribution in [3.05, 3.63) is 22.5 Å². The number of hydrogen-bond acceptors (Lipinski definition) is 3. The smallest absolute Gasteiger partial charge is 0.194 e. The van der Waals surface area contributed by atoms with Crippen LogP contribution in [-0.2, 0) is 6.54 Å². The zero-order valence-electron chi connectivity index (χ0n) is 11.9. The lowest BCUT2D eigenvalue weighted by molar-refractivity contribution is 0.385. The van der Waals surface area contributed by atoms with Gasteiger partial charge in [-0.05, 0) is 26.2 Å². The molecule has 18 heavy (non-hydrogen) atoms. The van der Waals surface area contributed by atoms with E-state index in [0.29, 0.717) is 12.0 Å². The molecule has 0 fully saturated rings. The maximum Gasteiger partial charge on any atom is 0.194 e. The summed E-state index contributed by atoms with van der Waals surface area (Å²) in [6.07, 6.45) is 3.36. The van der Waals surface area contributed by atoms with E-state index in [2.05, 4.69) is 55.5 Å². The molecule has 0 amide bonds. The molecule has 2 rings (SSSR count). The highest BCUT2D eigenvalue weighted by molar-refractivity contribution is 7.17. The Hall–Kier alpha value is -0.870. The number of thiazole rings is 1. The van der Waals surface area contributed by atoms with E-state index in [1.807, 2.05) is 0 Å². The van der Waals surface area contributed by atoms with Crippen LogP contribution in [0.15, 0.2) is 6.20 Å². The van der Waals surface area contributed by atoms with Gasteiger partial charge in [0.15, 0.2) is 4.96 Å². The van der Waals surface area contributed by atoms with Crippen molar-refractivity contribution < 1.29 is 0 Å². The van der Waals surface area contributed by atoms with Crippen LogP contribution in [0.25, 0.3) is 4.96 Å². The van der Waals surface area contributed by atoms with Crippen LogP contribution in [0.5, 0.6) is 0 Å². The van der Waals surface area contributed by atoms with Crippen molar-refractivity contribution >= 4 is 16.3 Å². The van der Waals surface area contributed by atoms with Gasteiger partial charge < -0.3 is 5.32 Å². The minimum Gasteiger partial charge on any atom is -0.308 e. The molecular weight excluding hydrogens is 242 g/mol. The lowest BCUT2D eigenvalue weighted by Crippen LogP contribution is -2.33. The Balaban J connectivity index is 2.18. The predicted octanol–water partition coefficient (Wildman–Crippen LogP) is 3.54. The third-order valence-corrected chi connectivity index (χ3v) is 4.42. The molecule has 2 aromatic rings. The normalized spacial score (nSPS) is 13.7. The van der Waals surface area contributed by atoms with Gasteiger partial charge in [0.1, 0.15) is 0 Å².